The highest BCUT2D eigenvalue weighted by Crippen LogP contribution is 2.23. The molecule has 36 heavy (non-hydrogen) atoms. The molecule has 0 aliphatic rings. The first-order chi connectivity index (χ1) is 17.5. The summed E-state index contributed by atoms with van der Waals surface area (Å²) in [7, 11) is 0. The summed E-state index contributed by atoms with van der Waals surface area (Å²) < 4.78 is 0. The molecule has 0 unspecified atom stereocenters. The molecule has 0 aromatic heterocycles. The second kappa shape index (κ2) is 17.2. The molecule has 0 heterocycles. The van der Waals surface area contributed by atoms with E-state index in [4.69, 9.17) is 0 Å². The number of hydrogen-bond donors (Lipinski definition) is 0. The second-order valence-corrected chi connectivity index (χ2v) is 10.0. The van der Waals surface area contributed by atoms with Crippen molar-refractivity contribution in [1.29, 1.82) is 0 Å². The van der Waals surface area contributed by atoms with E-state index in [2.05, 4.69) is 37.5 Å². The number of ketones is 2. The van der Waals surface area contributed by atoms with E-state index in [1.807, 2.05) is 60.7 Å². The predicted octanol–water partition coefficient (Wildman–Crippen LogP) is 7.01. The fourth-order valence-corrected chi connectivity index (χ4v) is 5.17. The van der Waals surface area contributed by atoms with Crippen LogP contribution in [0.5, 0.6) is 0 Å². The third kappa shape index (κ3) is 9.99. The molecule has 0 fully saturated rings. The minimum atomic E-state index is -0.109. The van der Waals surface area contributed by atoms with Crippen LogP contribution >= 0.6 is 0 Å². The number of carbonyl (C=O) groups excluding carboxylic acids is 2. The Balaban J connectivity index is 2.27. The molecule has 0 bridgehead atoms. The maximum absolute atomic E-state index is 13.6. The molecular formula is C32H48N2O2. The van der Waals surface area contributed by atoms with Crippen molar-refractivity contribution < 1.29 is 9.59 Å². The fourth-order valence-electron chi connectivity index (χ4n) is 5.17. The molecule has 2 rings (SSSR count). The molecule has 0 radical (unpaired) electrons. The number of rotatable bonds is 19. The summed E-state index contributed by atoms with van der Waals surface area (Å²) in [5.74, 6) is 0.195. The topological polar surface area (TPSA) is 40.6 Å². The van der Waals surface area contributed by atoms with Crippen molar-refractivity contribution in [3.63, 3.8) is 0 Å². The predicted molar refractivity (Wildman–Crippen MR) is 152 cm³/mol. The van der Waals surface area contributed by atoms with Crippen molar-refractivity contribution >= 4 is 11.6 Å². The average molecular weight is 493 g/mol. The third-order valence-electron chi connectivity index (χ3n) is 6.84. The van der Waals surface area contributed by atoms with E-state index in [9.17, 15) is 9.59 Å². The number of nitrogens with zero attached hydrogens (tertiary/aromatic N) is 2. The fraction of sp³-hybridized carbons (Fsp3) is 0.562. The summed E-state index contributed by atoms with van der Waals surface area (Å²) in [6, 6.07) is 19.4. The Bertz CT molecular complexity index is 783. The second-order valence-electron chi connectivity index (χ2n) is 10.0. The van der Waals surface area contributed by atoms with Crippen LogP contribution in [0.25, 0.3) is 0 Å². The van der Waals surface area contributed by atoms with Gasteiger partial charge in [0.2, 0.25) is 0 Å². The number of hydrogen-bond acceptors (Lipinski definition) is 4. The maximum Gasteiger partial charge on any atom is 0.167 e. The standard InChI is InChI=1S/C32H48N2O2/c1-5-21-33(22-6-2)25-29(31(35)27-15-11-9-12-16-27)19-20-30(26-34(23-7-3)24-8-4)32(36)28-17-13-10-14-18-28/h9-18,29-30H,5-8,19-26H2,1-4H3/t29-,30+. The summed E-state index contributed by atoms with van der Waals surface area (Å²) in [6.07, 6.45) is 5.75. The van der Waals surface area contributed by atoms with E-state index in [-0.39, 0.29) is 23.4 Å². The zero-order chi connectivity index (χ0) is 26.2. The van der Waals surface area contributed by atoms with E-state index in [1.165, 1.54) is 0 Å². The highest BCUT2D eigenvalue weighted by Gasteiger charge is 2.28. The zero-order valence-electron chi connectivity index (χ0n) is 23.1. The van der Waals surface area contributed by atoms with Gasteiger partial charge in [0.25, 0.3) is 0 Å². The molecule has 4 heteroatoms. The van der Waals surface area contributed by atoms with Gasteiger partial charge in [-0.05, 0) is 64.7 Å². The van der Waals surface area contributed by atoms with Crippen molar-refractivity contribution in [1.82, 2.24) is 9.80 Å². The Morgan fingerprint density at radius 3 is 1.14 bits per heavy atom. The van der Waals surface area contributed by atoms with Gasteiger partial charge in [-0.15, -0.1) is 0 Å². The van der Waals surface area contributed by atoms with Crippen molar-refractivity contribution in [3.8, 4) is 0 Å². The number of Topliss-reactive ketones (excluding diaryl/α,β-unsaturated/α-hetero) is 2. The highest BCUT2D eigenvalue weighted by molar-refractivity contribution is 5.99. The Morgan fingerprint density at radius 2 is 0.861 bits per heavy atom. The van der Waals surface area contributed by atoms with Crippen LogP contribution in [0.15, 0.2) is 60.7 Å². The zero-order valence-corrected chi connectivity index (χ0v) is 23.1. The molecule has 0 aliphatic carbocycles. The third-order valence-corrected chi connectivity index (χ3v) is 6.84. The highest BCUT2D eigenvalue weighted by atomic mass is 16.1. The van der Waals surface area contributed by atoms with Gasteiger partial charge in [-0.25, -0.2) is 0 Å². The Kier molecular flexibility index (Phi) is 14.3. The SMILES string of the molecule is CCCN(CCC)C[C@@H](CC[C@@H](CN(CCC)CCC)C(=O)c1ccccc1)C(=O)c1ccccc1. The molecule has 0 aliphatic heterocycles. The van der Waals surface area contributed by atoms with Gasteiger partial charge in [0.1, 0.15) is 0 Å². The van der Waals surface area contributed by atoms with Crippen LogP contribution in [-0.4, -0.2) is 60.6 Å². The van der Waals surface area contributed by atoms with Crippen molar-refractivity contribution in [2.75, 3.05) is 39.3 Å². The van der Waals surface area contributed by atoms with Gasteiger partial charge >= 0.3 is 0 Å². The van der Waals surface area contributed by atoms with Gasteiger partial charge in [0.05, 0.1) is 0 Å². The summed E-state index contributed by atoms with van der Waals surface area (Å²) >= 11 is 0. The Labute approximate surface area is 220 Å². The molecule has 198 valence electrons. The normalized spacial score (nSPS) is 13.2. The molecule has 0 spiro atoms. The lowest BCUT2D eigenvalue weighted by atomic mass is 9.86. The van der Waals surface area contributed by atoms with Gasteiger partial charge in [0, 0.05) is 36.1 Å². The van der Waals surface area contributed by atoms with Crippen LogP contribution in [0.4, 0.5) is 0 Å². The van der Waals surface area contributed by atoms with Crippen LogP contribution in [0, 0.1) is 11.8 Å². The summed E-state index contributed by atoms with van der Waals surface area (Å²) in [4.78, 5) is 32.2. The molecule has 2 atom stereocenters. The van der Waals surface area contributed by atoms with Gasteiger partial charge < -0.3 is 9.80 Å². The van der Waals surface area contributed by atoms with E-state index in [0.29, 0.717) is 0 Å². The first kappa shape index (κ1) is 29.9. The van der Waals surface area contributed by atoms with Crippen molar-refractivity contribution in [2.45, 2.75) is 66.2 Å². The van der Waals surface area contributed by atoms with Crippen LogP contribution < -0.4 is 0 Å². The van der Waals surface area contributed by atoms with Crippen LogP contribution in [0.3, 0.4) is 0 Å². The molecule has 0 saturated heterocycles. The van der Waals surface area contributed by atoms with Gasteiger partial charge in [0.15, 0.2) is 11.6 Å². The van der Waals surface area contributed by atoms with E-state index < -0.39 is 0 Å². The smallest absolute Gasteiger partial charge is 0.167 e. The lowest BCUT2D eigenvalue weighted by Gasteiger charge is -2.29. The largest absolute Gasteiger partial charge is 0.303 e. The summed E-state index contributed by atoms with van der Waals surface area (Å²) in [5.41, 5.74) is 1.56. The molecule has 2 aromatic rings. The minimum absolute atomic E-state index is 0.109. The van der Waals surface area contributed by atoms with Gasteiger partial charge in [-0.2, -0.15) is 0 Å². The van der Waals surface area contributed by atoms with Gasteiger partial charge in [-0.3, -0.25) is 9.59 Å². The Morgan fingerprint density at radius 1 is 0.556 bits per heavy atom. The summed E-state index contributed by atoms with van der Waals surface area (Å²) in [6.45, 7) is 14.3. The average Bonchev–Trinajstić information content (AvgIpc) is 2.90. The van der Waals surface area contributed by atoms with Gasteiger partial charge in [-0.1, -0.05) is 88.4 Å². The number of benzene rings is 2. The first-order valence-corrected chi connectivity index (χ1v) is 14.2. The van der Waals surface area contributed by atoms with Crippen molar-refractivity contribution in [2.24, 2.45) is 11.8 Å². The minimum Gasteiger partial charge on any atom is -0.303 e. The lowest BCUT2D eigenvalue weighted by Crippen LogP contribution is -2.37. The van der Waals surface area contributed by atoms with Crippen molar-refractivity contribution in [3.05, 3.63) is 71.8 Å². The first-order valence-electron chi connectivity index (χ1n) is 14.2. The number of carbonyl (C=O) groups is 2. The Hall–Kier alpha value is -2.30. The van der Waals surface area contributed by atoms with E-state index in [1.54, 1.807) is 0 Å². The maximum atomic E-state index is 13.6. The molecule has 0 saturated carbocycles. The van der Waals surface area contributed by atoms with Crippen LogP contribution in [-0.2, 0) is 0 Å². The van der Waals surface area contributed by atoms with E-state index >= 15 is 0 Å². The molecule has 2 aromatic carbocycles. The van der Waals surface area contributed by atoms with Crippen LogP contribution in [0.2, 0.25) is 0 Å². The molecule has 0 N–H and O–H groups in total. The summed E-state index contributed by atoms with van der Waals surface area (Å²) in [5, 5.41) is 0. The monoisotopic (exact) mass is 492 g/mol. The molecule has 0 amide bonds. The van der Waals surface area contributed by atoms with Crippen LogP contribution in [0.1, 0.15) is 86.9 Å². The lowest BCUT2D eigenvalue weighted by molar-refractivity contribution is 0.0808. The molecular weight excluding hydrogens is 444 g/mol. The quantitative estimate of drug-likeness (QED) is 0.198. The molecule has 4 nitrogen and oxygen atoms in total. The van der Waals surface area contributed by atoms with E-state index in [0.717, 1.165) is 88.9 Å².